The highest BCUT2D eigenvalue weighted by Crippen LogP contribution is 2.36. The minimum atomic E-state index is -4.99. The van der Waals surface area contributed by atoms with Gasteiger partial charge in [-0.15, -0.1) is 4.31 Å². The van der Waals surface area contributed by atoms with Crippen LogP contribution in [0.4, 0.5) is 29.9 Å². The molecule has 1 aliphatic heterocycles. The zero-order valence-corrected chi connectivity index (χ0v) is 24.7. The van der Waals surface area contributed by atoms with Crippen LogP contribution in [0.15, 0.2) is 56.6 Å². The molecule has 1 N–H and O–H groups in total. The number of amides is 2. The average Bonchev–Trinajstić information content (AvgIpc) is 3.35. The van der Waals surface area contributed by atoms with Crippen molar-refractivity contribution in [2.24, 2.45) is 0 Å². The van der Waals surface area contributed by atoms with Crippen molar-refractivity contribution in [1.29, 1.82) is 0 Å². The summed E-state index contributed by atoms with van der Waals surface area (Å²) in [6.07, 6.45) is -0.874. The Balaban J connectivity index is 1.73. The van der Waals surface area contributed by atoms with E-state index in [9.17, 15) is 27.5 Å². The number of carbonyl (C=O) groups is 2. The quantitative estimate of drug-likeness (QED) is 0.322. The number of hydrogen-bond donors (Lipinski definition) is 1. The maximum Gasteiger partial charge on any atom is 0.430 e. The summed E-state index contributed by atoms with van der Waals surface area (Å²) in [5.41, 5.74) is -0.710. The maximum atomic E-state index is 15.8. The van der Waals surface area contributed by atoms with E-state index in [4.69, 9.17) is 4.74 Å². The molecule has 1 aromatic heterocycles. The number of sulfonamides is 1. The highest BCUT2D eigenvalue weighted by Gasteiger charge is 2.39. The van der Waals surface area contributed by atoms with Crippen molar-refractivity contribution < 1.29 is 41.2 Å². The van der Waals surface area contributed by atoms with Gasteiger partial charge in [-0.2, -0.15) is 0 Å². The molecule has 0 bridgehead atoms. The van der Waals surface area contributed by atoms with Crippen LogP contribution in [-0.2, 0) is 27.8 Å². The molecular formula is C26H27BrF2N4O7S. The molecule has 0 aliphatic carbocycles. The number of hydrogen-bond acceptors (Lipinski definition) is 8. The molecule has 0 radical (unpaired) electrons. The van der Waals surface area contributed by atoms with Crippen LogP contribution < -0.4 is 9.21 Å². The normalized spacial score (nSPS) is 13.9. The van der Waals surface area contributed by atoms with E-state index in [2.05, 4.69) is 30.5 Å². The minimum Gasteiger partial charge on any atom is -0.465 e. The Morgan fingerprint density at radius 1 is 1.17 bits per heavy atom. The molecule has 2 heterocycles. The molecule has 1 aliphatic rings. The van der Waals surface area contributed by atoms with E-state index in [0.717, 1.165) is 44.0 Å². The first kappa shape index (κ1) is 30.4. The molecule has 41 heavy (non-hydrogen) atoms. The molecule has 1 saturated heterocycles. The molecule has 15 heteroatoms. The van der Waals surface area contributed by atoms with Crippen LogP contribution in [0.5, 0.6) is 0 Å². The number of anilines is 2. The molecule has 220 valence electrons. The summed E-state index contributed by atoms with van der Waals surface area (Å²) < 4.78 is 67.3. The topological polar surface area (TPSA) is 133 Å². The summed E-state index contributed by atoms with van der Waals surface area (Å²) in [7, 11) is -4.99. The van der Waals surface area contributed by atoms with Crippen LogP contribution in [0.3, 0.4) is 0 Å². The fourth-order valence-corrected chi connectivity index (χ4v) is 6.11. The van der Waals surface area contributed by atoms with Gasteiger partial charge >= 0.3 is 12.2 Å². The molecule has 0 saturated carbocycles. The number of carbonyl (C=O) groups excluding carboxylic acids is 1. The van der Waals surface area contributed by atoms with Gasteiger partial charge in [0.05, 0.1) is 16.7 Å². The standard InChI is InChI=1S/C26H27BrF2N4O7S/c1-26(2,3)40-25(36)33(21-10-13-39-30-21)41(37,38)20-9-8-19(22(27)23(20)29)32(24(34)35)15-17-16(6-4-7-18(17)28)14-31-11-5-12-31/h4,6-10,13H,5,11-12,14-15H2,1-3H3,(H,34,35). The third-order valence-electron chi connectivity index (χ3n) is 6.13. The van der Waals surface area contributed by atoms with Crippen LogP contribution in [-0.4, -0.2) is 54.5 Å². The van der Waals surface area contributed by atoms with E-state index < -0.39 is 61.2 Å². The number of aromatic nitrogens is 1. The fraction of sp³-hybridized carbons (Fsp3) is 0.346. The third-order valence-corrected chi connectivity index (χ3v) is 8.58. The summed E-state index contributed by atoms with van der Waals surface area (Å²) in [5, 5.41) is 13.5. The lowest BCUT2D eigenvalue weighted by atomic mass is 10.0. The van der Waals surface area contributed by atoms with Gasteiger partial charge in [0.15, 0.2) is 11.6 Å². The van der Waals surface area contributed by atoms with Crippen LogP contribution >= 0.6 is 15.9 Å². The summed E-state index contributed by atoms with van der Waals surface area (Å²) in [6.45, 7) is 6.13. The van der Waals surface area contributed by atoms with Crippen molar-refractivity contribution in [1.82, 2.24) is 10.1 Å². The van der Waals surface area contributed by atoms with Crippen molar-refractivity contribution in [2.75, 3.05) is 22.3 Å². The highest BCUT2D eigenvalue weighted by atomic mass is 79.9. The predicted octanol–water partition coefficient (Wildman–Crippen LogP) is 5.74. The van der Waals surface area contributed by atoms with Gasteiger partial charge in [0.25, 0.3) is 10.0 Å². The molecule has 0 atom stereocenters. The zero-order valence-electron chi connectivity index (χ0n) is 22.3. The monoisotopic (exact) mass is 656 g/mol. The van der Waals surface area contributed by atoms with Crippen molar-refractivity contribution in [2.45, 2.75) is 50.8 Å². The number of nitrogens with zero attached hydrogens (tertiary/aromatic N) is 4. The second kappa shape index (κ2) is 11.7. The number of ether oxygens (including phenoxy) is 1. The first-order valence-corrected chi connectivity index (χ1v) is 14.6. The third kappa shape index (κ3) is 6.52. The van der Waals surface area contributed by atoms with Crippen molar-refractivity contribution >= 4 is 49.6 Å². The van der Waals surface area contributed by atoms with Gasteiger partial charge in [-0.25, -0.2) is 26.8 Å². The Kier molecular flexibility index (Phi) is 8.70. The predicted molar refractivity (Wildman–Crippen MR) is 147 cm³/mol. The highest BCUT2D eigenvalue weighted by molar-refractivity contribution is 9.10. The van der Waals surface area contributed by atoms with E-state index in [-0.39, 0.29) is 15.6 Å². The Morgan fingerprint density at radius 3 is 2.44 bits per heavy atom. The van der Waals surface area contributed by atoms with E-state index in [1.807, 2.05) is 0 Å². The molecule has 3 aromatic rings. The van der Waals surface area contributed by atoms with Crippen molar-refractivity contribution in [3.63, 3.8) is 0 Å². The van der Waals surface area contributed by atoms with Crippen molar-refractivity contribution in [3.8, 4) is 0 Å². The van der Waals surface area contributed by atoms with Crippen LogP contribution in [0, 0.1) is 11.6 Å². The lowest BCUT2D eigenvalue weighted by Gasteiger charge is -2.32. The Labute approximate surface area is 243 Å². The van der Waals surface area contributed by atoms with E-state index in [1.54, 1.807) is 6.07 Å². The minimum absolute atomic E-state index is 0.105. The van der Waals surface area contributed by atoms with E-state index in [1.165, 1.54) is 32.9 Å². The van der Waals surface area contributed by atoms with Gasteiger partial charge in [-0.3, -0.25) is 9.80 Å². The summed E-state index contributed by atoms with van der Waals surface area (Å²) in [5.74, 6) is -2.51. The van der Waals surface area contributed by atoms with Gasteiger partial charge in [-0.1, -0.05) is 17.3 Å². The molecule has 2 aromatic carbocycles. The summed E-state index contributed by atoms with van der Waals surface area (Å²) >= 11 is 2.97. The SMILES string of the molecule is CC(C)(C)OC(=O)N(c1ccon1)S(=O)(=O)c1ccc(N(Cc2c(F)cccc2CN2CCC2)C(=O)O)c(Br)c1F. The molecule has 0 unspecified atom stereocenters. The van der Waals surface area contributed by atoms with Crippen LogP contribution in [0.1, 0.15) is 38.3 Å². The first-order valence-electron chi connectivity index (χ1n) is 12.4. The second-order valence-electron chi connectivity index (χ2n) is 10.2. The smallest absolute Gasteiger partial charge is 0.430 e. The Bertz CT molecular complexity index is 1560. The molecule has 0 spiro atoms. The summed E-state index contributed by atoms with van der Waals surface area (Å²) in [4.78, 5) is 27.0. The Morgan fingerprint density at radius 2 is 1.88 bits per heavy atom. The van der Waals surface area contributed by atoms with Gasteiger partial charge in [0, 0.05) is 18.2 Å². The molecule has 2 amide bonds. The number of likely N-dealkylation sites (tertiary alicyclic amines) is 1. The Hall–Kier alpha value is -3.56. The van der Waals surface area contributed by atoms with Crippen molar-refractivity contribution in [3.05, 3.63) is 69.9 Å². The fourth-order valence-electron chi connectivity index (χ4n) is 4.08. The van der Waals surface area contributed by atoms with Gasteiger partial charge in [0.2, 0.25) is 0 Å². The molecule has 1 fully saturated rings. The van der Waals surface area contributed by atoms with Gasteiger partial charge in [0.1, 0.15) is 22.6 Å². The maximum absolute atomic E-state index is 15.8. The number of halogens is 3. The lowest BCUT2D eigenvalue weighted by molar-refractivity contribution is 0.0607. The summed E-state index contributed by atoms with van der Waals surface area (Å²) in [6, 6.07) is 7.34. The number of benzene rings is 2. The van der Waals surface area contributed by atoms with Crippen LogP contribution in [0.25, 0.3) is 0 Å². The largest absolute Gasteiger partial charge is 0.465 e. The number of carboxylic acid groups (broad SMARTS) is 1. The second-order valence-corrected chi connectivity index (χ2v) is 12.7. The molecular weight excluding hydrogens is 630 g/mol. The van der Waals surface area contributed by atoms with E-state index >= 15 is 4.39 Å². The van der Waals surface area contributed by atoms with Gasteiger partial charge < -0.3 is 14.4 Å². The first-order chi connectivity index (χ1) is 19.2. The molecule has 4 rings (SSSR count). The van der Waals surface area contributed by atoms with Crippen LogP contribution in [0.2, 0.25) is 0 Å². The lowest BCUT2D eigenvalue weighted by Crippen LogP contribution is -2.41. The average molecular weight is 657 g/mol. The van der Waals surface area contributed by atoms with E-state index in [0.29, 0.717) is 17.0 Å². The van der Waals surface area contributed by atoms with Gasteiger partial charge in [-0.05, 0) is 80.0 Å². The molecule has 11 nitrogen and oxygen atoms in total. The number of rotatable bonds is 8. The zero-order chi connectivity index (χ0) is 30.1.